The number of hydrogen-bond acceptors (Lipinski definition) is 4. The summed E-state index contributed by atoms with van der Waals surface area (Å²) < 4.78 is 5.76. The van der Waals surface area contributed by atoms with Crippen molar-refractivity contribution in [3.05, 3.63) is 29.8 Å². The number of nitriles is 1. The molecule has 1 aliphatic rings. The maximum Gasteiger partial charge on any atom is 0.307 e. The lowest BCUT2D eigenvalue weighted by molar-refractivity contribution is -0.143. The maximum atomic E-state index is 10.8. The van der Waals surface area contributed by atoms with Crippen molar-refractivity contribution in [3.8, 4) is 11.8 Å². The monoisotopic (exact) mass is 246 g/mol. The van der Waals surface area contributed by atoms with Crippen molar-refractivity contribution in [1.82, 2.24) is 5.32 Å². The summed E-state index contributed by atoms with van der Waals surface area (Å²) >= 11 is 0. The lowest BCUT2D eigenvalue weighted by Crippen LogP contribution is -2.64. The number of carbonyl (C=O) groups is 1. The van der Waals surface area contributed by atoms with Gasteiger partial charge in [-0.05, 0) is 17.7 Å². The Morgan fingerprint density at radius 2 is 2.11 bits per heavy atom. The highest BCUT2D eigenvalue weighted by atomic mass is 16.5. The first-order valence-corrected chi connectivity index (χ1v) is 5.71. The van der Waals surface area contributed by atoms with Gasteiger partial charge in [0.15, 0.2) is 0 Å². The highest BCUT2D eigenvalue weighted by Crippen LogP contribution is 2.25. The SMILES string of the molecule is N#CCc1ccc(OC2(CC(=O)O)CNC2)cc1. The fraction of sp³-hybridized carbons (Fsp3) is 0.385. The molecule has 0 atom stereocenters. The molecule has 1 aromatic carbocycles. The van der Waals surface area contributed by atoms with Gasteiger partial charge in [-0.2, -0.15) is 5.26 Å². The molecule has 94 valence electrons. The highest BCUT2D eigenvalue weighted by Gasteiger charge is 2.41. The van der Waals surface area contributed by atoms with Crippen molar-refractivity contribution >= 4 is 5.97 Å². The van der Waals surface area contributed by atoms with Crippen LogP contribution in [0.25, 0.3) is 0 Å². The summed E-state index contributed by atoms with van der Waals surface area (Å²) in [6.07, 6.45) is 0.349. The molecule has 1 aliphatic heterocycles. The first-order valence-electron chi connectivity index (χ1n) is 5.71. The summed E-state index contributed by atoms with van der Waals surface area (Å²) in [5.41, 5.74) is 0.284. The smallest absolute Gasteiger partial charge is 0.307 e. The zero-order chi connectivity index (χ0) is 13.0. The summed E-state index contributed by atoms with van der Waals surface area (Å²) in [6, 6.07) is 9.25. The second-order valence-corrected chi connectivity index (χ2v) is 4.44. The van der Waals surface area contributed by atoms with E-state index in [4.69, 9.17) is 15.1 Å². The normalized spacial score (nSPS) is 16.4. The second kappa shape index (κ2) is 5.07. The number of rotatable bonds is 5. The largest absolute Gasteiger partial charge is 0.484 e. The molecule has 2 N–H and O–H groups in total. The lowest BCUT2D eigenvalue weighted by atomic mass is 9.92. The number of hydrogen-bond donors (Lipinski definition) is 2. The predicted molar refractivity (Wildman–Crippen MR) is 64.2 cm³/mol. The van der Waals surface area contributed by atoms with E-state index >= 15 is 0 Å². The van der Waals surface area contributed by atoms with E-state index in [9.17, 15) is 4.79 Å². The maximum absolute atomic E-state index is 10.8. The quantitative estimate of drug-likeness (QED) is 0.808. The van der Waals surface area contributed by atoms with Gasteiger partial charge in [0.25, 0.3) is 0 Å². The average molecular weight is 246 g/mol. The van der Waals surface area contributed by atoms with Gasteiger partial charge in [0.1, 0.15) is 11.4 Å². The third kappa shape index (κ3) is 2.79. The Morgan fingerprint density at radius 3 is 2.56 bits per heavy atom. The summed E-state index contributed by atoms with van der Waals surface area (Å²) in [7, 11) is 0. The van der Waals surface area contributed by atoms with Gasteiger partial charge in [-0.1, -0.05) is 12.1 Å². The highest BCUT2D eigenvalue weighted by molar-refractivity contribution is 5.68. The fourth-order valence-corrected chi connectivity index (χ4v) is 1.93. The fourth-order valence-electron chi connectivity index (χ4n) is 1.93. The molecule has 5 nitrogen and oxygen atoms in total. The lowest BCUT2D eigenvalue weighted by Gasteiger charge is -2.41. The van der Waals surface area contributed by atoms with Crippen molar-refractivity contribution in [3.63, 3.8) is 0 Å². The van der Waals surface area contributed by atoms with Crippen LogP contribution >= 0.6 is 0 Å². The summed E-state index contributed by atoms with van der Waals surface area (Å²) in [5.74, 6) is -0.225. The summed E-state index contributed by atoms with van der Waals surface area (Å²) in [4.78, 5) is 10.8. The van der Waals surface area contributed by atoms with Crippen LogP contribution in [0.15, 0.2) is 24.3 Å². The molecular formula is C13H14N2O3. The standard InChI is InChI=1S/C13H14N2O3/c14-6-5-10-1-3-11(4-2-10)18-13(7-12(16)17)8-15-9-13/h1-4,15H,5,7-9H2,(H,16,17). The van der Waals surface area contributed by atoms with E-state index in [0.29, 0.717) is 25.3 Å². The zero-order valence-corrected chi connectivity index (χ0v) is 9.85. The first kappa shape index (κ1) is 12.4. The molecule has 18 heavy (non-hydrogen) atoms. The van der Waals surface area contributed by atoms with Gasteiger partial charge in [0, 0.05) is 13.1 Å². The van der Waals surface area contributed by atoms with E-state index in [1.54, 1.807) is 12.1 Å². The van der Waals surface area contributed by atoms with Crippen molar-refractivity contribution in [2.45, 2.75) is 18.4 Å². The van der Waals surface area contributed by atoms with Crippen molar-refractivity contribution in [1.29, 1.82) is 5.26 Å². The van der Waals surface area contributed by atoms with Gasteiger partial charge < -0.3 is 15.2 Å². The van der Waals surface area contributed by atoms with Crippen LogP contribution in [0.1, 0.15) is 12.0 Å². The van der Waals surface area contributed by atoms with Gasteiger partial charge in [-0.3, -0.25) is 4.79 Å². The number of benzene rings is 1. The van der Waals surface area contributed by atoms with Crippen LogP contribution in [-0.4, -0.2) is 29.8 Å². The van der Waals surface area contributed by atoms with E-state index in [2.05, 4.69) is 11.4 Å². The molecule has 1 saturated heterocycles. The molecule has 0 aromatic heterocycles. The molecule has 0 spiro atoms. The summed E-state index contributed by atoms with van der Waals surface area (Å²) in [5, 5.41) is 20.5. The van der Waals surface area contributed by atoms with E-state index < -0.39 is 11.6 Å². The minimum absolute atomic E-state index is 0.0139. The molecule has 0 unspecified atom stereocenters. The Bertz CT molecular complexity index is 472. The molecule has 0 amide bonds. The van der Waals surface area contributed by atoms with Gasteiger partial charge in [-0.15, -0.1) is 0 Å². The van der Waals surface area contributed by atoms with Crippen LogP contribution < -0.4 is 10.1 Å². The molecule has 2 rings (SSSR count). The number of ether oxygens (including phenoxy) is 1. The molecule has 0 radical (unpaired) electrons. The molecule has 1 heterocycles. The van der Waals surface area contributed by atoms with Crippen LogP contribution in [0.3, 0.4) is 0 Å². The summed E-state index contributed by atoms with van der Waals surface area (Å²) in [6.45, 7) is 1.08. The Labute approximate surface area is 105 Å². The molecule has 1 fully saturated rings. The van der Waals surface area contributed by atoms with Crippen LogP contribution in [0, 0.1) is 11.3 Å². The molecule has 0 aliphatic carbocycles. The van der Waals surface area contributed by atoms with E-state index in [1.165, 1.54) is 0 Å². The van der Waals surface area contributed by atoms with Crippen LogP contribution in [0.4, 0.5) is 0 Å². The Balaban J connectivity index is 2.04. The topological polar surface area (TPSA) is 82.3 Å². The van der Waals surface area contributed by atoms with Crippen molar-refractivity contribution in [2.24, 2.45) is 0 Å². The Hall–Kier alpha value is -2.06. The minimum atomic E-state index is -0.863. The first-order chi connectivity index (χ1) is 8.63. The molecular weight excluding hydrogens is 232 g/mol. The Morgan fingerprint density at radius 1 is 1.44 bits per heavy atom. The van der Waals surface area contributed by atoms with Crippen LogP contribution in [0.2, 0.25) is 0 Å². The van der Waals surface area contributed by atoms with Crippen LogP contribution in [-0.2, 0) is 11.2 Å². The average Bonchev–Trinajstić information content (AvgIpc) is 2.28. The van der Waals surface area contributed by atoms with E-state index in [1.807, 2.05) is 12.1 Å². The second-order valence-electron chi connectivity index (χ2n) is 4.44. The minimum Gasteiger partial charge on any atom is -0.484 e. The molecule has 0 saturated carbocycles. The number of carboxylic acids is 1. The third-order valence-corrected chi connectivity index (χ3v) is 2.91. The van der Waals surface area contributed by atoms with Gasteiger partial charge in [-0.25, -0.2) is 0 Å². The van der Waals surface area contributed by atoms with Crippen molar-refractivity contribution in [2.75, 3.05) is 13.1 Å². The number of aliphatic carboxylic acids is 1. The zero-order valence-electron chi connectivity index (χ0n) is 9.85. The molecule has 5 heteroatoms. The van der Waals surface area contributed by atoms with Gasteiger partial charge >= 0.3 is 5.97 Å². The number of nitrogens with zero attached hydrogens (tertiary/aromatic N) is 1. The van der Waals surface area contributed by atoms with Crippen LogP contribution in [0.5, 0.6) is 5.75 Å². The number of nitrogens with one attached hydrogen (secondary N) is 1. The molecule has 0 bridgehead atoms. The number of carboxylic acid groups (broad SMARTS) is 1. The predicted octanol–water partition coefficient (Wildman–Crippen LogP) is 0.948. The van der Waals surface area contributed by atoms with Crippen molar-refractivity contribution < 1.29 is 14.6 Å². The Kier molecular flexibility index (Phi) is 3.49. The third-order valence-electron chi connectivity index (χ3n) is 2.91. The van der Waals surface area contributed by atoms with Gasteiger partial charge in [0.05, 0.1) is 18.9 Å². The molecule has 1 aromatic rings. The van der Waals surface area contributed by atoms with E-state index in [0.717, 1.165) is 5.56 Å². The van der Waals surface area contributed by atoms with Gasteiger partial charge in [0.2, 0.25) is 0 Å². The van der Waals surface area contributed by atoms with E-state index in [-0.39, 0.29) is 6.42 Å².